The predicted molar refractivity (Wildman–Crippen MR) is 138 cm³/mol. The van der Waals surface area contributed by atoms with Crippen molar-refractivity contribution < 1.29 is 22.8 Å². The lowest BCUT2D eigenvalue weighted by atomic mass is 9.98. The standard InChI is InChI=1S/C29H23F3N4O2/c30-29(31,32)20-14-12-18(13-15-20)22-8-2-3-9-23(22)28(38)35-26-16-19-6-1-4-10-24(19)36(26)27(37)17-21-7-5-11-25(33)34-21/h1-15,26H,16-17H2,(H2,33,34)(H,35,38). The topological polar surface area (TPSA) is 88.3 Å². The summed E-state index contributed by atoms with van der Waals surface area (Å²) in [5, 5.41) is 2.96. The maximum absolute atomic E-state index is 13.5. The van der Waals surface area contributed by atoms with Crippen molar-refractivity contribution >= 4 is 23.3 Å². The van der Waals surface area contributed by atoms with Crippen molar-refractivity contribution in [3.05, 3.63) is 113 Å². The van der Waals surface area contributed by atoms with Gasteiger partial charge in [0.15, 0.2) is 0 Å². The van der Waals surface area contributed by atoms with Crippen LogP contribution in [0.3, 0.4) is 0 Å². The van der Waals surface area contributed by atoms with Crippen LogP contribution in [-0.4, -0.2) is 23.0 Å². The molecular formula is C29H23F3N4O2. The number of halogens is 3. The highest BCUT2D eigenvalue weighted by molar-refractivity contribution is 6.03. The molecule has 2 amide bonds. The largest absolute Gasteiger partial charge is 0.416 e. The van der Waals surface area contributed by atoms with Gasteiger partial charge in [-0.05, 0) is 53.1 Å². The fraction of sp³-hybridized carbons (Fsp3) is 0.138. The molecule has 0 fully saturated rings. The van der Waals surface area contributed by atoms with Crippen LogP contribution in [0.25, 0.3) is 11.1 Å². The molecule has 3 N–H and O–H groups in total. The Labute approximate surface area is 216 Å². The van der Waals surface area contributed by atoms with Gasteiger partial charge < -0.3 is 11.1 Å². The van der Waals surface area contributed by atoms with E-state index in [1.807, 2.05) is 24.3 Å². The summed E-state index contributed by atoms with van der Waals surface area (Å²) in [4.78, 5) is 32.7. The lowest BCUT2D eigenvalue weighted by molar-refractivity contribution is -0.137. The lowest BCUT2D eigenvalue weighted by Crippen LogP contribution is -2.50. The van der Waals surface area contributed by atoms with Crippen LogP contribution in [0.2, 0.25) is 0 Å². The van der Waals surface area contributed by atoms with Crippen molar-refractivity contribution in [2.75, 3.05) is 10.6 Å². The van der Waals surface area contributed by atoms with Crippen LogP contribution in [0.15, 0.2) is 91.0 Å². The number of rotatable bonds is 5. The average molecular weight is 517 g/mol. The number of aromatic nitrogens is 1. The Balaban J connectivity index is 1.41. The first-order chi connectivity index (χ1) is 18.2. The molecule has 9 heteroatoms. The lowest BCUT2D eigenvalue weighted by Gasteiger charge is -2.27. The minimum Gasteiger partial charge on any atom is -0.384 e. The number of alkyl halides is 3. The molecule has 0 spiro atoms. The third-order valence-electron chi connectivity index (χ3n) is 6.40. The molecule has 0 saturated carbocycles. The first kappa shape index (κ1) is 25.0. The van der Waals surface area contributed by atoms with Crippen molar-refractivity contribution in [2.24, 2.45) is 0 Å². The molecule has 3 aromatic carbocycles. The zero-order valence-electron chi connectivity index (χ0n) is 20.1. The summed E-state index contributed by atoms with van der Waals surface area (Å²) >= 11 is 0. The van der Waals surface area contributed by atoms with E-state index in [9.17, 15) is 22.8 Å². The first-order valence-electron chi connectivity index (χ1n) is 11.9. The highest BCUT2D eigenvalue weighted by Crippen LogP contribution is 2.34. The normalized spacial score (nSPS) is 14.7. The maximum atomic E-state index is 13.5. The molecule has 1 atom stereocenters. The van der Waals surface area contributed by atoms with Gasteiger partial charge in [-0.2, -0.15) is 13.2 Å². The molecule has 4 aromatic rings. The second kappa shape index (κ2) is 10.0. The number of benzene rings is 3. The zero-order valence-corrected chi connectivity index (χ0v) is 20.1. The van der Waals surface area contributed by atoms with E-state index >= 15 is 0 Å². The van der Waals surface area contributed by atoms with Crippen LogP contribution in [0, 0.1) is 0 Å². The molecule has 0 bridgehead atoms. The maximum Gasteiger partial charge on any atom is 0.416 e. The second-order valence-corrected chi connectivity index (χ2v) is 8.94. The van der Waals surface area contributed by atoms with Crippen LogP contribution in [0.1, 0.15) is 27.2 Å². The number of pyridine rings is 1. The van der Waals surface area contributed by atoms with Crippen molar-refractivity contribution in [3.8, 4) is 11.1 Å². The van der Waals surface area contributed by atoms with Crippen LogP contribution in [0.4, 0.5) is 24.7 Å². The fourth-order valence-corrected chi connectivity index (χ4v) is 4.65. The molecule has 6 nitrogen and oxygen atoms in total. The van der Waals surface area contributed by atoms with E-state index < -0.39 is 23.8 Å². The zero-order chi connectivity index (χ0) is 26.9. The average Bonchev–Trinajstić information content (AvgIpc) is 3.26. The SMILES string of the molecule is Nc1cccc(CC(=O)N2c3ccccc3CC2NC(=O)c2ccccc2-c2ccc(C(F)(F)F)cc2)n1. The number of nitrogens with zero attached hydrogens (tertiary/aromatic N) is 2. The monoisotopic (exact) mass is 516 g/mol. The third-order valence-corrected chi connectivity index (χ3v) is 6.40. The Morgan fingerprint density at radius 1 is 0.921 bits per heavy atom. The molecule has 2 heterocycles. The van der Waals surface area contributed by atoms with E-state index in [-0.39, 0.29) is 17.9 Å². The predicted octanol–water partition coefficient (Wildman–Crippen LogP) is 5.24. The summed E-state index contributed by atoms with van der Waals surface area (Å²) in [6.45, 7) is 0. The van der Waals surface area contributed by atoms with Gasteiger partial charge in [0.05, 0.1) is 17.7 Å². The number of nitrogens with two attached hydrogens (primary N) is 1. The molecule has 5 rings (SSSR count). The van der Waals surface area contributed by atoms with Crippen molar-refractivity contribution in [3.63, 3.8) is 0 Å². The van der Waals surface area contributed by atoms with Crippen LogP contribution in [0.5, 0.6) is 0 Å². The van der Waals surface area contributed by atoms with Crippen molar-refractivity contribution in [2.45, 2.75) is 25.2 Å². The minimum absolute atomic E-state index is 0.00607. The molecule has 1 aliphatic heterocycles. The minimum atomic E-state index is -4.45. The number of para-hydroxylation sites is 1. The molecule has 0 saturated heterocycles. The number of amides is 2. The first-order valence-corrected chi connectivity index (χ1v) is 11.9. The number of nitrogen functional groups attached to an aromatic ring is 1. The van der Waals surface area contributed by atoms with Gasteiger partial charge in [-0.1, -0.05) is 54.6 Å². The van der Waals surface area contributed by atoms with Gasteiger partial charge in [0.25, 0.3) is 5.91 Å². The highest BCUT2D eigenvalue weighted by Gasteiger charge is 2.35. The smallest absolute Gasteiger partial charge is 0.384 e. The molecular weight excluding hydrogens is 493 g/mol. The van der Waals surface area contributed by atoms with E-state index in [1.54, 1.807) is 47.4 Å². The Morgan fingerprint density at radius 3 is 2.37 bits per heavy atom. The fourth-order valence-electron chi connectivity index (χ4n) is 4.65. The molecule has 0 radical (unpaired) electrons. The number of fused-ring (bicyclic) bond motifs is 1. The summed E-state index contributed by atoms with van der Waals surface area (Å²) in [6.07, 6.45) is -4.72. The Kier molecular flexibility index (Phi) is 6.59. The summed E-state index contributed by atoms with van der Waals surface area (Å²) < 4.78 is 39.1. The Morgan fingerprint density at radius 2 is 1.63 bits per heavy atom. The van der Waals surface area contributed by atoms with Gasteiger partial charge in [0, 0.05) is 17.7 Å². The summed E-state index contributed by atoms with van der Waals surface area (Å²) in [6, 6.07) is 23.8. The summed E-state index contributed by atoms with van der Waals surface area (Å²) in [7, 11) is 0. The van der Waals surface area contributed by atoms with Gasteiger partial charge >= 0.3 is 6.18 Å². The van der Waals surface area contributed by atoms with E-state index in [1.165, 1.54) is 12.1 Å². The molecule has 1 aromatic heterocycles. The van der Waals surface area contributed by atoms with Crippen molar-refractivity contribution in [1.29, 1.82) is 0 Å². The van der Waals surface area contributed by atoms with Crippen molar-refractivity contribution in [1.82, 2.24) is 10.3 Å². The Bertz CT molecular complexity index is 1500. The molecule has 1 aliphatic rings. The Hall–Kier alpha value is -4.66. The van der Waals surface area contributed by atoms with E-state index in [4.69, 9.17) is 5.73 Å². The van der Waals surface area contributed by atoms with E-state index in [0.29, 0.717) is 34.7 Å². The molecule has 1 unspecified atom stereocenters. The number of carbonyl (C=O) groups is 2. The third kappa shape index (κ3) is 5.08. The molecule has 192 valence electrons. The number of hydrogen-bond donors (Lipinski definition) is 2. The van der Waals surface area contributed by atoms with Gasteiger partial charge in [0.1, 0.15) is 12.0 Å². The second-order valence-electron chi connectivity index (χ2n) is 8.94. The van der Waals surface area contributed by atoms with Gasteiger partial charge in [-0.15, -0.1) is 0 Å². The van der Waals surface area contributed by atoms with Gasteiger partial charge in [0.2, 0.25) is 5.91 Å². The number of hydrogen-bond acceptors (Lipinski definition) is 4. The number of carbonyl (C=O) groups excluding carboxylic acids is 2. The number of anilines is 2. The molecule has 0 aliphatic carbocycles. The number of nitrogens with one attached hydrogen (secondary N) is 1. The van der Waals surface area contributed by atoms with Gasteiger partial charge in [-0.3, -0.25) is 14.5 Å². The van der Waals surface area contributed by atoms with Crippen LogP contribution < -0.4 is 16.0 Å². The highest BCUT2D eigenvalue weighted by atomic mass is 19.4. The van der Waals surface area contributed by atoms with E-state index in [0.717, 1.165) is 17.7 Å². The van der Waals surface area contributed by atoms with Gasteiger partial charge in [-0.25, -0.2) is 4.98 Å². The summed E-state index contributed by atoms with van der Waals surface area (Å²) in [5.41, 5.74) is 8.35. The van der Waals surface area contributed by atoms with Crippen LogP contribution in [-0.2, 0) is 23.8 Å². The van der Waals surface area contributed by atoms with E-state index in [2.05, 4.69) is 10.3 Å². The summed E-state index contributed by atoms with van der Waals surface area (Å²) in [5.74, 6) is -0.394. The van der Waals surface area contributed by atoms with Crippen LogP contribution >= 0.6 is 0 Å². The molecule has 38 heavy (non-hydrogen) atoms. The quantitative estimate of drug-likeness (QED) is 0.380.